The van der Waals surface area contributed by atoms with Gasteiger partial charge in [0.05, 0.1) is 0 Å². The number of ether oxygens (including phenoxy) is 1. The van der Waals surface area contributed by atoms with Crippen LogP contribution in [0.2, 0.25) is 5.02 Å². The quantitative estimate of drug-likeness (QED) is 0.829. The fraction of sp³-hybridized carbons (Fsp3) is 0.385. The Morgan fingerprint density at radius 3 is 2.33 bits per heavy atom. The summed E-state index contributed by atoms with van der Waals surface area (Å²) >= 11 is 5.87. The number of carbonyl (C=O) groups excluding carboxylic acids is 2. The van der Waals surface area contributed by atoms with Crippen molar-refractivity contribution >= 4 is 29.2 Å². The van der Waals surface area contributed by atoms with Crippen molar-refractivity contribution in [2.24, 2.45) is 0 Å². The summed E-state index contributed by atoms with van der Waals surface area (Å²) in [4.78, 5) is 22.8. The van der Waals surface area contributed by atoms with Crippen LogP contribution in [0.4, 0.5) is 10.5 Å². The summed E-state index contributed by atoms with van der Waals surface area (Å²) in [6, 6.07) is 4.65. The zero-order valence-corrected chi connectivity index (χ0v) is 11.6. The third-order valence-corrected chi connectivity index (χ3v) is 2.17. The lowest BCUT2D eigenvalue weighted by molar-refractivity contribution is 0.0635. The lowest BCUT2D eigenvalue weighted by atomic mass is 10.1. The maximum Gasteiger partial charge on any atom is 0.412 e. The molecule has 0 aliphatic heterocycles. The number of carbonyl (C=O) groups is 2. The van der Waals surface area contributed by atoms with E-state index in [4.69, 9.17) is 16.3 Å². The molecule has 1 aromatic carbocycles. The molecule has 98 valence electrons. The Bertz CT molecular complexity index is 478. The molecule has 0 aliphatic rings. The van der Waals surface area contributed by atoms with Crippen LogP contribution in [0, 0.1) is 0 Å². The molecule has 0 aliphatic carbocycles. The van der Waals surface area contributed by atoms with Gasteiger partial charge in [-0.2, -0.15) is 0 Å². The molecule has 4 nitrogen and oxygen atoms in total. The first kappa shape index (κ1) is 14.5. The highest BCUT2D eigenvalue weighted by atomic mass is 35.5. The van der Waals surface area contributed by atoms with Crippen molar-refractivity contribution in [2.75, 3.05) is 5.32 Å². The Morgan fingerprint density at radius 2 is 1.83 bits per heavy atom. The van der Waals surface area contributed by atoms with Gasteiger partial charge in [0.25, 0.3) is 0 Å². The number of rotatable bonds is 2. The summed E-state index contributed by atoms with van der Waals surface area (Å²) in [5, 5.41) is 2.92. The largest absolute Gasteiger partial charge is 0.444 e. The molecule has 0 spiro atoms. The third-order valence-electron chi connectivity index (χ3n) is 1.95. The average molecular weight is 270 g/mol. The van der Waals surface area contributed by atoms with Crippen molar-refractivity contribution in [3.63, 3.8) is 0 Å². The minimum atomic E-state index is -0.584. The number of amides is 1. The first-order chi connectivity index (χ1) is 8.17. The molecule has 0 heterocycles. The molecule has 1 amide bonds. The van der Waals surface area contributed by atoms with Gasteiger partial charge in [-0.1, -0.05) is 11.6 Å². The van der Waals surface area contributed by atoms with E-state index in [9.17, 15) is 9.59 Å². The third kappa shape index (κ3) is 4.75. The molecule has 1 aromatic rings. The van der Waals surface area contributed by atoms with Gasteiger partial charge in [-0.25, -0.2) is 4.79 Å². The fourth-order valence-corrected chi connectivity index (χ4v) is 1.52. The molecule has 1 rings (SSSR count). The van der Waals surface area contributed by atoms with Gasteiger partial charge in [0, 0.05) is 16.3 Å². The topological polar surface area (TPSA) is 55.4 Å². The number of benzene rings is 1. The molecule has 0 unspecified atom stereocenters. The number of ketones is 1. The van der Waals surface area contributed by atoms with Crippen LogP contribution < -0.4 is 5.32 Å². The normalized spacial score (nSPS) is 10.9. The van der Waals surface area contributed by atoms with E-state index < -0.39 is 11.7 Å². The highest BCUT2D eigenvalue weighted by Crippen LogP contribution is 2.20. The van der Waals surface area contributed by atoms with Gasteiger partial charge >= 0.3 is 6.09 Å². The summed E-state index contributed by atoms with van der Waals surface area (Å²) in [6.45, 7) is 6.74. The fourth-order valence-electron chi connectivity index (χ4n) is 1.29. The second-order valence-corrected chi connectivity index (χ2v) is 5.35. The molecule has 0 saturated carbocycles. The molecule has 0 radical (unpaired) electrons. The van der Waals surface area contributed by atoms with E-state index in [2.05, 4.69) is 5.32 Å². The first-order valence-electron chi connectivity index (χ1n) is 5.49. The van der Waals surface area contributed by atoms with Crippen molar-refractivity contribution in [1.29, 1.82) is 0 Å². The van der Waals surface area contributed by atoms with Gasteiger partial charge in [0.1, 0.15) is 5.60 Å². The van der Waals surface area contributed by atoms with E-state index in [-0.39, 0.29) is 5.78 Å². The molecule has 0 aromatic heterocycles. The number of Topliss-reactive ketones (excluding diaryl/α,β-unsaturated/α-hetero) is 1. The summed E-state index contributed by atoms with van der Waals surface area (Å²) < 4.78 is 5.10. The van der Waals surface area contributed by atoms with Crippen molar-refractivity contribution in [3.05, 3.63) is 28.8 Å². The van der Waals surface area contributed by atoms with E-state index in [0.29, 0.717) is 16.3 Å². The Kier molecular flexibility index (Phi) is 4.35. The molecular formula is C13H16ClNO3. The molecule has 1 N–H and O–H groups in total. The van der Waals surface area contributed by atoms with Crippen LogP contribution in [0.5, 0.6) is 0 Å². The predicted octanol–water partition coefficient (Wildman–Crippen LogP) is 3.89. The van der Waals surface area contributed by atoms with Crippen molar-refractivity contribution < 1.29 is 14.3 Å². The van der Waals surface area contributed by atoms with Gasteiger partial charge in [-0.05, 0) is 45.9 Å². The second-order valence-electron chi connectivity index (χ2n) is 4.91. The Morgan fingerprint density at radius 1 is 1.22 bits per heavy atom. The van der Waals surface area contributed by atoms with E-state index in [1.165, 1.54) is 6.92 Å². The molecule has 0 saturated heterocycles. The Balaban J connectivity index is 2.85. The van der Waals surface area contributed by atoms with Crippen LogP contribution in [0.3, 0.4) is 0 Å². The number of hydrogen-bond donors (Lipinski definition) is 1. The Hall–Kier alpha value is -1.55. The smallest absolute Gasteiger partial charge is 0.412 e. The lowest BCUT2D eigenvalue weighted by Crippen LogP contribution is -2.27. The van der Waals surface area contributed by atoms with Crippen LogP contribution in [0.25, 0.3) is 0 Å². The molecule has 0 atom stereocenters. The van der Waals surface area contributed by atoms with Gasteiger partial charge in [0.15, 0.2) is 5.78 Å². The number of nitrogens with one attached hydrogen (secondary N) is 1. The average Bonchev–Trinajstić information content (AvgIpc) is 2.12. The number of halogens is 1. The van der Waals surface area contributed by atoms with Crippen LogP contribution in [-0.4, -0.2) is 17.5 Å². The van der Waals surface area contributed by atoms with E-state index in [1.54, 1.807) is 39.0 Å². The van der Waals surface area contributed by atoms with Crippen molar-refractivity contribution in [2.45, 2.75) is 33.3 Å². The molecule has 0 fully saturated rings. The molecule has 0 bridgehead atoms. The second kappa shape index (κ2) is 5.40. The molecule has 5 heteroatoms. The zero-order chi connectivity index (χ0) is 13.9. The summed E-state index contributed by atoms with van der Waals surface area (Å²) in [5.74, 6) is -0.121. The highest BCUT2D eigenvalue weighted by molar-refractivity contribution is 6.31. The lowest BCUT2D eigenvalue weighted by Gasteiger charge is -2.19. The van der Waals surface area contributed by atoms with E-state index in [1.807, 2.05) is 0 Å². The van der Waals surface area contributed by atoms with Crippen molar-refractivity contribution in [1.82, 2.24) is 0 Å². The maximum absolute atomic E-state index is 11.6. The number of anilines is 1. The maximum atomic E-state index is 11.6. The zero-order valence-electron chi connectivity index (χ0n) is 10.8. The minimum absolute atomic E-state index is 0.121. The van der Waals surface area contributed by atoms with Crippen LogP contribution in [-0.2, 0) is 4.74 Å². The Labute approximate surface area is 111 Å². The highest BCUT2D eigenvalue weighted by Gasteiger charge is 2.16. The summed E-state index contributed by atoms with van der Waals surface area (Å²) in [7, 11) is 0. The SMILES string of the molecule is CC(=O)c1cc(Cl)cc(NC(=O)OC(C)(C)C)c1. The van der Waals surface area contributed by atoms with Gasteiger partial charge in [-0.15, -0.1) is 0 Å². The van der Waals surface area contributed by atoms with Crippen LogP contribution in [0.15, 0.2) is 18.2 Å². The van der Waals surface area contributed by atoms with Crippen LogP contribution in [0.1, 0.15) is 38.1 Å². The monoisotopic (exact) mass is 269 g/mol. The van der Waals surface area contributed by atoms with E-state index >= 15 is 0 Å². The summed E-state index contributed by atoms with van der Waals surface area (Å²) in [6.07, 6.45) is -0.584. The summed E-state index contributed by atoms with van der Waals surface area (Å²) in [5.41, 5.74) is 0.294. The van der Waals surface area contributed by atoms with Gasteiger partial charge in [0.2, 0.25) is 0 Å². The standard InChI is InChI=1S/C13H16ClNO3/c1-8(16)9-5-10(14)7-11(6-9)15-12(17)18-13(2,3)4/h5-7H,1-4H3,(H,15,17). The first-order valence-corrected chi connectivity index (χ1v) is 5.87. The van der Waals surface area contributed by atoms with Crippen LogP contribution >= 0.6 is 11.6 Å². The van der Waals surface area contributed by atoms with Gasteiger partial charge < -0.3 is 4.74 Å². The number of hydrogen-bond acceptors (Lipinski definition) is 3. The van der Waals surface area contributed by atoms with Gasteiger partial charge in [-0.3, -0.25) is 10.1 Å². The minimum Gasteiger partial charge on any atom is -0.444 e. The molecule has 18 heavy (non-hydrogen) atoms. The van der Waals surface area contributed by atoms with Crippen molar-refractivity contribution in [3.8, 4) is 0 Å². The molecular weight excluding hydrogens is 254 g/mol. The van der Waals surface area contributed by atoms with E-state index in [0.717, 1.165) is 0 Å². The predicted molar refractivity (Wildman–Crippen MR) is 71.3 cm³/mol.